The molecule has 1 atom stereocenters. The molecule has 3 rings (SSSR count). The van der Waals surface area contributed by atoms with E-state index in [0.29, 0.717) is 28.2 Å². The molecule has 0 aliphatic heterocycles. The zero-order valence-corrected chi connectivity index (χ0v) is 16.1. The van der Waals surface area contributed by atoms with E-state index in [0.717, 1.165) is 24.3 Å². The molecule has 0 bridgehead atoms. The molecule has 2 heterocycles. The maximum atomic E-state index is 13.4. The second-order valence-corrected chi connectivity index (χ2v) is 6.76. The first-order valence-corrected chi connectivity index (χ1v) is 8.97. The number of carbonyl (C=O) groups excluding carboxylic acids is 1. The van der Waals surface area contributed by atoms with E-state index in [-0.39, 0.29) is 18.4 Å². The van der Waals surface area contributed by atoms with Gasteiger partial charge in [0.25, 0.3) is 0 Å². The number of amides is 1. The van der Waals surface area contributed by atoms with Crippen LogP contribution in [0.4, 0.5) is 17.6 Å². The van der Waals surface area contributed by atoms with Crippen molar-refractivity contribution in [2.75, 3.05) is 0 Å². The number of nitrogens with one attached hydrogen (secondary N) is 1. The van der Waals surface area contributed by atoms with Crippen LogP contribution in [0.25, 0.3) is 5.65 Å². The Balaban J connectivity index is 1.78. The summed E-state index contributed by atoms with van der Waals surface area (Å²) >= 11 is 0. The number of aryl methyl sites for hydroxylation is 2. The lowest BCUT2D eigenvalue weighted by molar-refractivity contribution is -0.163. The van der Waals surface area contributed by atoms with Crippen molar-refractivity contribution in [2.24, 2.45) is 0 Å². The molecular weight excluding hydrogens is 402 g/mol. The molecule has 0 saturated heterocycles. The van der Waals surface area contributed by atoms with Crippen LogP contribution >= 0.6 is 0 Å². The van der Waals surface area contributed by atoms with Crippen LogP contribution in [0.3, 0.4) is 0 Å². The summed E-state index contributed by atoms with van der Waals surface area (Å²) in [7, 11) is 0. The standard InChI is InChI=1S/C20H17F4N5O/c1-11-16(12(2)29-19(27-11)14(9-25)10-26-29)7-8-17(30)28-18(20(22,23)24)13-3-5-15(21)6-4-13/h3-6,10,18H,7-8H2,1-2H3,(H,28,30). The van der Waals surface area contributed by atoms with E-state index >= 15 is 0 Å². The third kappa shape index (κ3) is 4.25. The molecule has 2 aromatic heterocycles. The highest BCUT2D eigenvalue weighted by Gasteiger charge is 2.41. The third-order valence-corrected chi connectivity index (χ3v) is 4.77. The summed E-state index contributed by atoms with van der Waals surface area (Å²) in [4.78, 5) is 16.6. The molecule has 0 aliphatic carbocycles. The van der Waals surface area contributed by atoms with Crippen molar-refractivity contribution in [1.82, 2.24) is 19.9 Å². The normalized spacial score (nSPS) is 12.6. The average Bonchev–Trinajstić information content (AvgIpc) is 3.09. The number of fused-ring (bicyclic) bond motifs is 1. The van der Waals surface area contributed by atoms with Crippen molar-refractivity contribution < 1.29 is 22.4 Å². The molecule has 0 saturated carbocycles. The Morgan fingerprint density at radius 1 is 1.27 bits per heavy atom. The van der Waals surface area contributed by atoms with Crippen LogP contribution < -0.4 is 5.32 Å². The fourth-order valence-electron chi connectivity index (χ4n) is 3.23. The van der Waals surface area contributed by atoms with Crippen LogP contribution in [0, 0.1) is 31.0 Å². The number of halogens is 4. The summed E-state index contributed by atoms with van der Waals surface area (Å²) in [6.45, 7) is 3.44. The SMILES string of the molecule is Cc1nc2c(C#N)cnn2c(C)c1CCC(=O)NC(c1ccc(F)cc1)C(F)(F)F. The first-order chi connectivity index (χ1) is 14.1. The van der Waals surface area contributed by atoms with E-state index in [1.807, 2.05) is 11.4 Å². The smallest absolute Gasteiger partial charge is 0.341 e. The van der Waals surface area contributed by atoms with E-state index in [1.54, 1.807) is 13.8 Å². The van der Waals surface area contributed by atoms with E-state index < -0.39 is 23.9 Å². The Morgan fingerprint density at radius 2 is 1.93 bits per heavy atom. The summed E-state index contributed by atoms with van der Waals surface area (Å²) in [5.74, 6) is -1.48. The molecule has 30 heavy (non-hydrogen) atoms. The maximum absolute atomic E-state index is 13.4. The fraction of sp³-hybridized carbons (Fsp3) is 0.300. The van der Waals surface area contributed by atoms with Gasteiger partial charge in [0.1, 0.15) is 17.4 Å². The van der Waals surface area contributed by atoms with Gasteiger partial charge in [-0.15, -0.1) is 0 Å². The monoisotopic (exact) mass is 419 g/mol. The Bertz CT molecular complexity index is 1130. The first-order valence-electron chi connectivity index (χ1n) is 8.97. The Kier molecular flexibility index (Phi) is 5.73. The van der Waals surface area contributed by atoms with Crippen LogP contribution in [-0.4, -0.2) is 26.7 Å². The van der Waals surface area contributed by atoms with Gasteiger partial charge in [0.05, 0.1) is 6.20 Å². The number of hydrogen-bond acceptors (Lipinski definition) is 4. The van der Waals surface area contributed by atoms with Gasteiger partial charge in [-0.25, -0.2) is 13.9 Å². The predicted octanol–water partition coefficient (Wildman–Crippen LogP) is 3.71. The van der Waals surface area contributed by atoms with Gasteiger partial charge in [0.15, 0.2) is 11.7 Å². The van der Waals surface area contributed by atoms with Gasteiger partial charge < -0.3 is 5.32 Å². The van der Waals surface area contributed by atoms with Gasteiger partial charge in [-0.05, 0) is 43.5 Å². The van der Waals surface area contributed by atoms with Crippen LogP contribution in [-0.2, 0) is 11.2 Å². The minimum Gasteiger partial charge on any atom is -0.341 e. The van der Waals surface area contributed by atoms with Crippen LogP contribution in [0.5, 0.6) is 0 Å². The highest BCUT2D eigenvalue weighted by molar-refractivity contribution is 5.77. The second-order valence-electron chi connectivity index (χ2n) is 6.76. The van der Waals surface area contributed by atoms with Crippen molar-refractivity contribution in [2.45, 2.75) is 38.9 Å². The van der Waals surface area contributed by atoms with E-state index in [4.69, 9.17) is 5.26 Å². The molecule has 1 unspecified atom stereocenters. The molecule has 1 aromatic carbocycles. The number of nitrogens with zero attached hydrogens (tertiary/aromatic N) is 4. The number of rotatable bonds is 5. The summed E-state index contributed by atoms with van der Waals surface area (Å²) < 4.78 is 54.7. The van der Waals surface area contributed by atoms with Gasteiger partial charge in [0, 0.05) is 17.8 Å². The molecule has 10 heteroatoms. The molecule has 1 amide bonds. The van der Waals surface area contributed by atoms with Gasteiger partial charge >= 0.3 is 6.18 Å². The second kappa shape index (κ2) is 8.10. The van der Waals surface area contributed by atoms with Crippen molar-refractivity contribution in [3.05, 3.63) is 64.4 Å². The molecule has 0 spiro atoms. The minimum absolute atomic E-state index is 0.141. The fourth-order valence-corrected chi connectivity index (χ4v) is 3.23. The third-order valence-electron chi connectivity index (χ3n) is 4.77. The molecule has 3 aromatic rings. The molecule has 156 valence electrons. The average molecular weight is 419 g/mol. The Morgan fingerprint density at radius 3 is 2.53 bits per heavy atom. The highest BCUT2D eigenvalue weighted by Crippen LogP contribution is 2.33. The van der Waals surface area contributed by atoms with Gasteiger partial charge in [-0.1, -0.05) is 12.1 Å². The molecule has 0 radical (unpaired) electrons. The zero-order chi connectivity index (χ0) is 22.1. The van der Waals surface area contributed by atoms with E-state index in [1.165, 1.54) is 10.7 Å². The van der Waals surface area contributed by atoms with Crippen molar-refractivity contribution >= 4 is 11.6 Å². The predicted molar refractivity (Wildman–Crippen MR) is 98.8 cm³/mol. The van der Waals surface area contributed by atoms with Crippen molar-refractivity contribution in [1.29, 1.82) is 5.26 Å². The van der Waals surface area contributed by atoms with E-state index in [2.05, 4.69) is 10.1 Å². The first kappa shape index (κ1) is 21.2. The summed E-state index contributed by atoms with van der Waals surface area (Å²) in [6.07, 6.45) is -3.43. The highest BCUT2D eigenvalue weighted by atomic mass is 19.4. The summed E-state index contributed by atoms with van der Waals surface area (Å²) in [5, 5.41) is 15.2. The Labute approximate surface area is 169 Å². The molecular formula is C20H17F4N5O. The molecule has 1 N–H and O–H groups in total. The summed E-state index contributed by atoms with van der Waals surface area (Å²) in [6, 6.07) is 3.55. The lowest BCUT2D eigenvalue weighted by Crippen LogP contribution is -2.38. The van der Waals surface area contributed by atoms with Crippen LogP contribution in [0.2, 0.25) is 0 Å². The van der Waals surface area contributed by atoms with Crippen LogP contribution in [0.1, 0.15) is 40.5 Å². The summed E-state index contributed by atoms with van der Waals surface area (Å²) in [5.41, 5.74) is 2.31. The van der Waals surface area contributed by atoms with Crippen LogP contribution in [0.15, 0.2) is 30.5 Å². The number of nitriles is 1. The maximum Gasteiger partial charge on any atom is 0.412 e. The van der Waals surface area contributed by atoms with Gasteiger partial charge in [-0.2, -0.15) is 23.5 Å². The number of benzene rings is 1. The number of alkyl halides is 3. The number of hydrogen-bond donors (Lipinski definition) is 1. The number of aromatic nitrogens is 3. The minimum atomic E-state index is -4.73. The van der Waals surface area contributed by atoms with Crippen molar-refractivity contribution in [3.8, 4) is 6.07 Å². The van der Waals surface area contributed by atoms with E-state index in [9.17, 15) is 22.4 Å². The topological polar surface area (TPSA) is 83.1 Å². The Hall–Kier alpha value is -3.48. The quantitative estimate of drug-likeness (QED) is 0.639. The molecule has 6 nitrogen and oxygen atoms in total. The van der Waals surface area contributed by atoms with Gasteiger partial charge in [0.2, 0.25) is 5.91 Å². The number of carbonyl (C=O) groups is 1. The van der Waals surface area contributed by atoms with Crippen molar-refractivity contribution in [3.63, 3.8) is 0 Å². The van der Waals surface area contributed by atoms with Gasteiger partial charge in [-0.3, -0.25) is 4.79 Å². The lowest BCUT2D eigenvalue weighted by Gasteiger charge is -2.22. The molecule has 0 aliphatic rings. The molecule has 0 fully saturated rings. The zero-order valence-electron chi connectivity index (χ0n) is 16.1. The largest absolute Gasteiger partial charge is 0.412 e. The lowest BCUT2D eigenvalue weighted by atomic mass is 10.0.